The number of aromatic nitrogens is 2. The fourth-order valence-electron chi connectivity index (χ4n) is 5.25. The van der Waals surface area contributed by atoms with Gasteiger partial charge in [0.15, 0.2) is 0 Å². The largest absolute Gasteiger partial charge is 0.453 e. The molecule has 6 atom stereocenters. The minimum Gasteiger partial charge on any atom is -0.453 e. The molecule has 28 heavy (non-hydrogen) atoms. The third kappa shape index (κ3) is 3.62. The highest BCUT2D eigenvalue weighted by Gasteiger charge is 2.59. The van der Waals surface area contributed by atoms with E-state index in [1.165, 1.54) is 7.11 Å². The molecule has 2 saturated carbocycles. The summed E-state index contributed by atoms with van der Waals surface area (Å²) in [6, 6.07) is 1.65. The second-order valence-electron chi connectivity index (χ2n) is 8.79. The average molecular weight is 389 g/mol. The molecule has 0 bridgehead atoms. The number of methoxy groups -OCH3 is 1. The van der Waals surface area contributed by atoms with Crippen molar-refractivity contribution in [1.82, 2.24) is 14.9 Å². The summed E-state index contributed by atoms with van der Waals surface area (Å²) in [6.07, 6.45) is 9.83. The standard InChI is InChI=1S/C21H32N4O3/c1-14-5-3-10-25(20(26)27-2)17(18(14)22)13-28-16-6-7-21(12-15(21)11-16)19-23-8-4-9-24-19/h4,8-9,14-18H,3,5-7,10-13,22H2,1-2H3. The fourth-order valence-corrected chi connectivity index (χ4v) is 5.25. The SMILES string of the molecule is COC(=O)N1CCCC(C)C(N)C1COC1CCC2(c3ncccn3)CC2C1. The lowest BCUT2D eigenvalue weighted by Gasteiger charge is -2.35. The van der Waals surface area contributed by atoms with E-state index in [0.29, 0.717) is 25.0 Å². The van der Waals surface area contributed by atoms with E-state index in [0.717, 1.165) is 44.3 Å². The second kappa shape index (κ2) is 7.95. The monoisotopic (exact) mass is 388 g/mol. The molecule has 7 heteroatoms. The maximum atomic E-state index is 12.3. The number of fused-ring (bicyclic) bond motifs is 1. The van der Waals surface area contributed by atoms with Crippen LogP contribution in [0.1, 0.15) is 51.3 Å². The van der Waals surface area contributed by atoms with Gasteiger partial charge in [-0.15, -0.1) is 0 Å². The summed E-state index contributed by atoms with van der Waals surface area (Å²) in [5.74, 6) is 1.96. The van der Waals surface area contributed by atoms with Gasteiger partial charge in [-0.05, 0) is 56.4 Å². The highest BCUT2D eigenvalue weighted by atomic mass is 16.5. The third-order valence-electron chi connectivity index (χ3n) is 7.17. The first-order valence-corrected chi connectivity index (χ1v) is 10.5. The number of rotatable bonds is 4. The Morgan fingerprint density at radius 3 is 2.86 bits per heavy atom. The van der Waals surface area contributed by atoms with Crippen molar-refractivity contribution in [3.05, 3.63) is 24.3 Å². The van der Waals surface area contributed by atoms with E-state index in [9.17, 15) is 4.79 Å². The van der Waals surface area contributed by atoms with Crippen LogP contribution >= 0.6 is 0 Å². The molecule has 2 N–H and O–H groups in total. The average Bonchev–Trinajstić information content (AvgIpc) is 3.48. The van der Waals surface area contributed by atoms with Crippen LogP contribution in [0, 0.1) is 11.8 Å². The number of carbonyl (C=O) groups excluding carboxylic acids is 1. The number of ether oxygens (including phenoxy) is 2. The van der Waals surface area contributed by atoms with Crippen LogP contribution in [0.5, 0.6) is 0 Å². The Bertz CT molecular complexity index is 687. The number of likely N-dealkylation sites (tertiary alicyclic amines) is 1. The maximum absolute atomic E-state index is 12.3. The van der Waals surface area contributed by atoms with Crippen LogP contribution < -0.4 is 5.73 Å². The van der Waals surface area contributed by atoms with Crippen molar-refractivity contribution >= 4 is 6.09 Å². The van der Waals surface area contributed by atoms with Crippen molar-refractivity contribution in [3.63, 3.8) is 0 Å². The molecule has 2 heterocycles. The van der Waals surface area contributed by atoms with Crippen LogP contribution in [0.4, 0.5) is 4.79 Å². The molecule has 6 unspecified atom stereocenters. The van der Waals surface area contributed by atoms with E-state index in [4.69, 9.17) is 15.2 Å². The number of amides is 1. The third-order valence-corrected chi connectivity index (χ3v) is 7.17. The van der Waals surface area contributed by atoms with Gasteiger partial charge in [-0.2, -0.15) is 0 Å². The molecule has 3 fully saturated rings. The predicted octanol–water partition coefficient (Wildman–Crippen LogP) is 2.50. The van der Waals surface area contributed by atoms with Crippen LogP contribution in [-0.2, 0) is 14.9 Å². The van der Waals surface area contributed by atoms with Crippen molar-refractivity contribution in [2.75, 3.05) is 20.3 Å². The van der Waals surface area contributed by atoms with Gasteiger partial charge in [0.2, 0.25) is 0 Å². The molecular weight excluding hydrogens is 356 g/mol. The smallest absolute Gasteiger partial charge is 0.409 e. The maximum Gasteiger partial charge on any atom is 0.409 e. The minimum absolute atomic E-state index is 0.0945. The van der Waals surface area contributed by atoms with Crippen molar-refractivity contribution in [2.45, 2.75) is 69.1 Å². The Labute approximate surface area is 167 Å². The van der Waals surface area contributed by atoms with Gasteiger partial charge >= 0.3 is 6.09 Å². The number of nitrogens with zero attached hydrogens (tertiary/aromatic N) is 3. The van der Waals surface area contributed by atoms with Gasteiger partial charge in [0.05, 0.1) is 25.9 Å². The number of nitrogens with two attached hydrogens (primary N) is 1. The predicted molar refractivity (Wildman–Crippen MR) is 105 cm³/mol. The van der Waals surface area contributed by atoms with Crippen molar-refractivity contribution in [3.8, 4) is 0 Å². The van der Waals surface area contributed by atoms with E-state index >= 15 is 0 Å². The zero-order valence-electron chi connectivity index (χ0n) is 16.9. The van der Waals surface area contributed by atoms with Gasteiger partial charge < -0.3 is 20.1 Å². The van der Waals surface area contributed by atoms with Crippen molar-refractivity contribution < 1.29 is 14.3 Å². The summed E-state index contributed by atoms with van der Waals surface area (Å²) < 4.78 is 11.3. The van der Waals surface area contributed by atoms with Crippen LogP contribution in [0.3, 0.4) is 0 Å². The molecule has 1 saturated heterocycles. The summed E-state index contributed by atoms with van der Waals surface area (Å²) >= 11 is 0. The quantitative estimate of drug-likeness (QED) is 0.852. The Kier molecular flexibility index (Phi) is 5.56. The molecular formula is C21H32N4O3. The molecule has 4 rings (SSSR count). The van der Waals surface area contributed by atoms with E-state index in [1.807, 2.05) is 18.5 Å². The van der Waals surface area contributed by atoms with Crippen molar-refractivity contribution in [2.24, 2.45) is 17.6 Å². The van der Waals surface area contributed by atoms with Gasteiger partial charge in [0, 0.05) is 30.4 Å². The lowest BCUT2D eigenvalue weighted by Crippen LogP contribution is -2.54. The van der Waals surface area contributed by atoms with Gasteiger partial charge in [-0.3, -0.25) is 0 Å². The van der Waals surface area contributed by atoms with E-state index in [1.54, 1.807) is 4.90 Å². The Balaban J connectivity index is 1.36. The summed E-state index contributed by atoms with van der Waals surface area (Å²) in [7, 11) is 1.43. The van der Waals surface area contributed by atoms with E-state index < -0.39 is 0 Å². The molecule has 1 aromatic heterocycles. The first-order valence-electron chi connectivity index (χ1n) is 10.5. The van der Waals surface area contributed by atoms with E-state index in [2.05, 4.69) is 16.9 Å². The summed E-state index contributed by atoms with van der Waals surface area (Å²) in [5.41, 5.74) is 6.68. The van der Waals surface area contributed by atoms with Gasteiger partial charge in [0.25, 0.3) is 0 Å². The first kappa shape index (κ1) is 19.6. The lowest BCUT2D eigenvalue weighted by atomic mass is 9.86. The normalized spacial score (nSPS) is 37.7. The molecule has 1 amide bonds. The molecule has 7 nitrogen and oxygen atoms in total. The van der Waals surface area contributed by atoms with Crippen molar-refractivity contribution in [1.29, 1.82) is 0 Å². The summed E-state index contributed by atoms with van der Waals surface area (Å²) in [6.45, 7) is 3.32. The highest BCUT2D eigenvalue weighted by molar-refractivity contribution is 5.68. The zero-order valence-corrected chi connectivity index (χ0v) is 16.9. The topological polar surface area (TPSA) is 90.6 Å². The number of hydrogen-bond acceptors (Lipinski definition) is 6. The molecule has 1 aromatic rings. The molecule has 2 aliphatic carbocycles. The Morgan fingerprint density at radius 2 is 2.14 bits per heavy atom. The van der Waals surface area contributed by atoms with Crippen LogP contribution in [0.15, 0.2) is 18.5 Å². The molecule has 1 aliphatic heterocycles. The zero-order chi connectivity index (χ0) is 19.7. The van der Waals surface area contributed by atoms with E-state index in [-0.39, 0.29) is 29.7 Å². The first-order chi connectivity index (χ1) is 13.5. The molecule has 0 radical (unpaired) electrons. The van der Waals surface area contributed by atoms with Crippen LogP contribution in [-0.4, -0.2) is 59.4 Å². The van der Waals surface area contributed by atoms with Crippen LogP contribution in [0.2, 0.25) is 0 Å². The molecule has 0 aromatic carbocycles. The minimum atomic E-state index is -0.302. The fraction of sp³-hybridized carbons (Fsp3) is 0.762. The van der Waals surface area contributed by atoms with Gasteiger partial charge in [0.1, 0.15) is 5.82 Å². The lowest BCUT2D eigenvalue weighted by molar-refractivity contribution is -0.0173. The molecule has 154 valence electrons. The summed E-state index contributed by atoms with van der Waals surface area (Å²) in [4.78, 5) is 23.0. The second-order valence-corrected chi connectivity index (χ2v) is 8.79. The van der Waals surface area contributed by atoms with Crippen LogP contribution in [0.25, 0.3) is 0 Å². The molecule has 0 spiro atoms. The summed E-state index contributed by atoms with van der Waals surface area (Å²) in [5, 5.41) is 0. The highest BCUT2D eigenvalue weighted by Crippen LogP contribution is 2.61. The van der Waals surface area contributed by atoms with Gasteiger partial charge in [-0.25, -0.2) is 14.8 Å². The number of carbonyl (C=O) groups is 1. The molecule has 3 aliphatic rings. The Hall–Kier alpha value is -1.73. The van der Waals surface area contributed by atoms with Gasteiger partial charge in [-0.1, -0.05) is 6.92 Å². The Morgan fingerprint density at radius 1 is 1.36 bits per heavy atom. The number of hydrogen-bond donors (Lipinski definition) is 1.